The molecule has 0 aliphatic heterocycles. The van der Waals surface area contributed by atoms with Crippen molar-refractivity contribution < 1.29 is 23.9 Å². The predicted octanol–water partition coefficient (Wildman–Crippen LogP) is 3.39. The van der Waals surface area contributed by atoms with E-state index in [4.69, 9.17) is 4.74 Å². The first-order chi connectivity index (χ1) is 13.2. The summed E-state index contributed by atoms with van der Waals surface area (Å²) >= 11 is 0. The van der Waals surface area contributed by atoms with Crippen LogP contribution in [0.2, 0.25) is 0 Å². The molecule has 0 aliphatic carbocycles. The first kappa shape index (κ1) is 21.1. The average Bonchev–Trinajstić information content (AvgIpc) is 3.04. The molecule has 0 saturated carbocycles. The minimum atomic E-state index is -0.997. The topological polar surface area (TPSA) is 94.5 Å². The van der Waals surface area contributed by atoms with E-state index in [1.54, 1.807) is 31.3 Å². The SMILES string of the molecule is CCCC(=O)Nc1ccc(C(=O)[C@@H](C)OC(=O)c2cc(C(C)=O)cn2C)cc1. The maximum absolute atomic E-state index is 12.5. The van der Waals surface area contributed by atoms with Gasteiger partial charge in [-0.15, -0.1) is 0 Å². The van der Waals surface area contributed by atoms with Crippen LogP contribution in [-0.2, 0) is 16.6 Å². The molecule has 1 heterocycles. The van der Waals surface area contributed by atoms with E-state index >= 15 is 0 Å². The van der Waals surface area contributed by atoms with Crippen LogP contribution in [0.25, 0.3) is 0 Å². The molecule has 0 unspecified atom stereocenters. The van der Waals surface area contributed by atoms with E-state index < -0.39 is 12.1 Å². The summed E-state index contributed by atoms with van der Waals surface area (Å²) in [6.07, 6.45) is 1.72. The number of carbonyl (C=O) groups is 4. The fraction of sp³-hybridized carbons (Fsp3) is 0.333. The highest BCUT2D eigenvalue weighted by Gasteiger charge is 2.23. The number of rotatable bonds is 8. The Morgan fingerprint density at radius 3 is 2.29 bits per heavy atom. The number of hydrogen-bond donors (Lipinski definition) is 1. The second kappa shape index (κ2) is 9.12. The average molecular weight is 384 g/mol. The van der Waals surface area contributed by atoms with Crippen molar-refractivity contribution in [2.75, 3.05) is 5.32 Å². The van der Waals surface area contributed by atoms with Gasteiger partial charge >= 0.3 is 5.97 Å². The smallest absolute Gasteiger partial charge is 0.355 e. The van der Waals surface area contributed by atoms with Crippen molar-refractivity contribution in [3.8, 4) is 0 Å². The molecule has 1 aromatic heterocycles. The van der Waals surface area contributed by atoms with Gasteiger partial charge in [-0.3, -0.25) is 14.4 Å². The zero-order chi connectivity index (χ0) is 20.8. The standard InChI is InChI=1S/C21H24N2O5/c1-5-6-19(25)22-17-9-7-15(8-10-17)20(26)14(3)28-21(27)18-11-16(13(2)24)12-23(18)4/h7-12,14H,5-6H2,1-4H3,(H,22,25)/t14-/m1/s1. The lowest BCUT2D eigenvalue weighted by Gasteiger charge is -2.13. The Morgan fingerprint density at radius 1 is 1.11 bits per heavy atom. The summed E-state index contributed by atoms with van der Waals surface area (Å²) in [6, 6.07) is 7.85. The number of esters is 1. The summed E-state index contributed by atoms with van der Waals surface area (Å²) in [5.41, 5.74) is 1.55. The number of hydrogen-bond acceptors (Lipinski definition) is 5. The number of Topliss-reactive ketones (excluding diaryl/α,β-unsaturated/α-hetero) is 2. The lowest BCUT2D eigenvalue weighted by atomic mass is 10.1. The first-order valence-corrected chi connectivity index (χ1v) is 9.05. The third-order valence-corrected chi connectivity index (χ3v) is 4.20. The number of ketones is 2. The zero-order valence-electron chi connectivity index (χ0n) is 16.4. The monoisotopic (exact) mass is 384 g/mol. The maximum atomic E-state index is 12.5. The molecule has 0 bridgehead atoms. The van der Waals surface area contributed by atoms with Crippen molar-refractivity contribution >= 4 is 29.1 Å². The maximum Gasteiger partial charge on any atom is 0.355 e. The molecular formula is C21H24N2O5. The summed E-state index contributed by atoms with van der Waals surface area (Å²) in [7, 11) is 1.63. The predicted molar refractivity (Wildman–Crippen MR) is 105 cm³/mol. The summed E-state index contributed by atoms with van der Waals surface area (Å²) in [5, 5.41) is 2.74. The molecule has 2 rings (SSSR count). The lowest BCUT2D eigenvalue weighted by molar-refractivity contribution is -0.116. The minimum Gasteiger partial charge on any atom is -0.450 e. The van der Waals surface area contributed by atoms with Crippen LogP contribution >= 0.6 is 0 Å². The Labute approximate surface area is 163 Å². The highest BCUT2D eigenvalue weighted by atomic mass is 16.5. The van der Waals surface area contributed by atoms with Gasteiger partial charge < -0.3 is 14.6 Å². The normalized spacial score (nSPS) is 11.6. The number of ether oxygens (including phenoxy) is 1. The molecular weight excluding hydrogens is 360 g/mol. The number of amides is 1. The number of aromatic nitrogens is 1. The van der Waals surface area contributed by atoms with Crippen LogP contribution in [0.15, 0.2) is 36.5 Å². The summed E-state index contributed by atoms with van der Waals surface area (Å²) < 4.78 is 6.75. The summed E-state index contributed by atoms with van der Waals surface area (Å²) in [5.74, 6) is -1.29. The van der Waals surface area contributed by atoms with Gasteiger partial charge in [0.2, 0.25) is 11.7 Å². The largest absolute Gasteiger partial charge is 0.450 e. The molecule has 0 spiro atoms. The van der Waals surface area contributed by atoms with Gasteiger partial charge in [0.25, 0.3) is 0 Å². The van der Waals surface area contributed by atoms with Gasteiger partial charge in [-0.25, -0.2) is 4.79 Å². The Bertz CT molecular complexity index is 896. The molecule has 0 fully saturated rings. The molecule has 7 heteroatoms. The van der Waals surface area contributed by atoms with E-state index in [0.29, 0.717) is 23.2 Å². The van der Waals surface area contributed by atoms with Crippen molar-refractivity contribution in [2.24, 2.45) is 7.05 Å². The number of carbonyl (C=O) groups excluding carboxylic acids is 4. The summed E-state index contributed by atoms with van der Waals surface area (Å²) in [6.45, 7) is 4.82. The van der Waals surface area contributed by atoms with Gasteiger partial charge in [0.15, 0.2) is 11.9 Å². The Kier molecular flexibility index (Phi) is 6.87. The molecule has 7 nitrogen and oxygen atoms in total. The van der Waals surface area contributed by atoms with E-state index in [-0.39, 0.29) is 23.2 Å². The Morgan fingerprint density at radius 2 is 1.75 bits per heavy atom. The van der Waals surface area contributed by atoms with Gasteiger partial charge in [0.1, 0.15) is 5.69 Å². The van der Waals surface area contributed by atoms with Gasteiger partial charge in [0, 0.05) is 36.5 Å². The Balaban J connectivity index is 2.03. The van der Waals surface area contributed by atoms with E-state index in [1.807, 2.05) is 6.92 Å². The fourth-order valence-corrected chi connectivity index (χ4v) is 2.64. The second-order valence-electron chi connectivity index (χ2n) is 6.57. The lowest BCUT2D eigenvalue weighted by Crippen LogP contribution is -2.25. The van der Waals surface area contributed by atoms with E-state index in [1.165, 1.54) is 30.7 Å². The number of nitrogens with one attached hydrogen (secondary N) is 1. The van der Waals surface area contributed by atoms with Crippen LogP contribution in [-0.4, -0.2) is 34.1 Å². The van der Waals surface area contributed by atoms with Gasteiger partial charge in [-0.05, 0) is 50.6 Å². The van der Waals surface area contributed by atoms with Crippen molar-refractivity contribution in [3.05, 3.63) is 53.3 Å². The molecule has 0 saturated heterocycles. The minimum absolute atomic E-state index is 0.0867. The highest BCUT2D eigenvalue weighted by molar-refractivity contribution is 6.02. The van der Waals surface area contributed by atoms with Crippen molar-refractivity contribution in [1.29, 1.82) is 0 Å². The fourth-order valence-electron chi connectivity index (χ4n) is 2.64. The van der Waals surface area contributed by atoms with Crippen LogP contribution in [0.1, 0.15) is 64.8 Å². The number of anilines is 1. The van der Waals surface area contributed by atoms with Crippen LogP contribution in [0, 0.1) is 0 Å². The molecule has 1 aromatic carbocycles. The molecule has 28 heavy (non-hydrogen) atoms. The van der Waals surface area contributed by atoms with E-state index in [9.17, 15) is 19.2 Å². The molecule has 148 valence electrons. The number of aryl methyl sites for hydroxylation is 1. The quantitative estimate of drug-likeness (QED) is 0.556. The second-order valence-corrected chi connectivity index (χ2v) is 6.57. The number of nitrogens with zero attached hydrogens (tertiary/aromatic N) is 1. The molecule has 2 aromatic rings. The van der Waals surface area contributed by atoms with Crippen LogP contribution in [0.4, 0.5) is 5.69 Å². The van der Waals surface area contributed by atoms with Crippen molar-refractivity contribution in [3.63, 3.8) is 0 Å². The van der Waals surface area contributed by atoms with Gasteiger partial charge in [-0.2, -0.15) is 0 Å². The first-order valence-electron chi connectivity index (χ1n) is 9.05. The van der Waals surface area contributed by atoms with E-state index in [0.717, 1.165) is 6.42 Å². The van der Waals surface area contributed by atoms with Crippen LogP contribution < -0.4 is 5.32 Å². The molecule has 1 atom stereocenters. The van der Waals surface area contributed by atoms with Gasteiger partial charge in [-0.1, -0.05) is 6.92 Å². The molecule has 0 aliphatic rings. The Hall–Kier alpha value is -3.22. The van der Waals surface area contributed by atoms with Crippen LogP contribution in [0.3, 0.4) is 0 Å². The number of benzene rings is 1. The molecule has 1 N–H and O–H groups in total. The van der Waals surface area contributed by atoms with Gasteiger partial charge in [0.05, 0.1) is 0 Å². The van der Waals surface area contributed by atoms with Crippen molar-refractivity contribution in [2.45, 2.75) is 39.7 Å². The summed E-state index contributed by atoms with van der Waals surface area (Å²) in [4.78, 5) is 47.9. The molecule has 1 amide bonds. The molecule has 0 radical (unpaired) electrons. The third-order valence-electron chi connectivity index (χ3n) is 4.20. The van der Waals surface area contributed by atoms with Crippen LogP contribution in [0.5, 0.6) is 0 Å². The highest BCUT2D eigenvalue weighted by Crippen LogP contribution is 2.15. The van der Waals surface area contributed by atoms with Crippen molar-refractivity contribution in [1.82, 2.24) is 4.57 Å². The zero-order valence-corrected chi connectivity index (χ0v) is 16.4. The third kappa shape index (κ3) is 5.16. The van der Waals surface area contributed by atoms with E-state index in [2.05, 4.69) is 5.32 Å².